The molecule has 0 heterocycles. The molecule has 3 N–H and O–H groups in total. The highest BCUT2D eigenvalue weighted by atomic mass is 16.5. The third-order valence-electron chi connectivity index (χ3n) is 2.95. The quantitative estimate of drug-likeness (QED) is 0.528. The fourth-order valence-corrected chi connectivity index (χ4v) is 1.67. The largest absolute Gasteiger partial charge is 0.379 e. The van der Waals surface area contributed by atoms with Gasteiger partial charge in [-0.05, 0) is 46.6 Å². The minimum atomic E-state index is -0.631. The zero-order valence-electron chi connectivity index (χ0n) is 12.8. The topological polar surface area (TPSA) is 73.6 Å². The Morgan fingerprint density at radius 1 is 1.32 bits per heavy atom. The smallest absolute Gasteiger partial charge is 0.237 e. The van der Waals surface area contributed by atoms with E-state index in [9.17, 15) is 4.79 Å². The van der Waals surface area contributed by atoms with Gasteiger partial charge in [0.1, 0.15) is 0 Å². The third-order valence-corrected chi connectivity index (χ3v) is 2.95. The maximum atomic E-state index is 11.5. The van der Waals surface area contributed by atoms with Crippen LogP contribution in [0.15, 0.2) is 0 Å². The minimum absolute atomic E-state index is 0.236. The molecule has 0 rings (SSSR count). The first kappa shape index (κ1) is 18.4. The Bertz CT molecular complexity index is 247. The van der Waals surface area contributed by atoms with Crippen molar-refractivity contribution in [1.29, 1.82) is 0 Å². The number of amides is 1. The van der Waals surface area contributed by atoms with E-state index in [-0.39, 0.29) is 12.0 Å². The average molecular weight is 274 g/mol. The van der Waals surface area contributed by atoms with Crippen molar-refractivity contribution < 1.29 is 14.3 Å². The Morgan fingerprint density at radius 3 is 2.53 bits per heavy atom. The van der Waals surface area contributed by atoms with Crippen LogP contribution in [0, 0.1) is 0 Å². The van der Waals surface area contributed by atoms with Crippen molar-refractivity contribution in [2.24, 2.45) is 5.73 Å². The predicted molar refractivity (Wildman–Crippen MR) is 77.0 cm³/mol. The predicted octanol–water partition coefficient (Wildman–Crippen LogP) is 1.45. The van der Waals surface area contributed by atoms with Gasteiger partial charge in [0.05, 0.1) is 24.9 Å². The summed E-state index contributed by atoms with van der Waals surface area (Å²) in [6.45, 7) is 10.5. The molecule has 0 radical (unpaired) electrons. The first-order chi connectivity index (χ1) is 8.92. The zero-order valence-corrected chi connectivity index (χ0v) is 12.8. The van der Waals surface area contributed by atoms with Gasteiger partial charge in [0, 0.05) is 6.61 Å². The number of nitrogens with two attached hydrogens (primary N) is 1. The fraction of sp³-hybridized carbons (Fsp3) is 0.929. The zero-order chi connectivity index (χ0) is 14.7. The second kappa shape index (κ2) is 10.2. The molecule has 0 bridgehead atoms. The van der Waals surface area contributed by atoms with Gasteiger partial charge in [0.25, 0.3) is 0 Å². The minimum Gasteiger partial charge on any atom is -0.379 e. The highest BCUT2D eigenvalue weighted by Crippen LogP contribution is 2.12. The van der Waals surface area contributed by atoms with Gasteiger partial charge in [0.2, 0.25) is 5.91 Å². The summed E-state index contributed by atoms with van der Waals surface area (Å²) in [5, 5.41) is 3.21. The van der Waals surface area contributed by atoms with Gasteiger partial charge in [-0.25, -0.2) is 0 Å². The second-order valence-electron chi connectivity index (χ2n) is 5.26. The maximum Gasteiger partial charge on any atom is 0.237 e. The molecule has 0 aromatic heterocycles. The fourth-order valence-electron chi connectivity index (χ4n) is 1.67. The van der Waals surface area contributed by atoms with Gasteiger partial charge in [-0.2, -0.15) is 0 Å². The van der Waals surface area contributed by atoms with Crippen LogP contribution in [0.5, 0.6) is 0 Å². The Hall–Kier alpha value is -0.650. The van der Waals surface area contributed by atoms with Crippen LogP contribution in [0.3, 0.4) is 0 Å². The van der Waals surface area contributed by atoms with Crippen molar-refractivity contribution in [2.45, 2.75) is 58.6 Å². The Morgan fingerprint density at radius 2 is 2.00 bits per heavy atom. The number of carbonyl (C=O) groups excluding carboxylic acids is 1. The summed E-state index contributed by atoms with van der Waals surface area (Å²) in [6, 6.07) is 0. The van der Waals surface area contributed by atoms with E-state index in [0.717, 1.165) is 19.4 Å². The van der Waals surface area contributed by atoms with Crippen LogP contribution in [0.4, 0.5) is 0 Å². The number of primary amides is 1. The van der Waals surface area contributed by atoms with Crippen molar-refractivity contribution in [3.63, 3.8) is 0 Å². The third kappa shape index (κ3) is 8.97. The number of hydrogen-bond donors (Lipinski definition) is 2. The number of nitrogens with one attached hydrogen (secondary N) is 1. The molecule has 0 fully saturated rings. The van der Waals surface area contributed by atoms with Crippen LogP contribution in [-0.2, 0) is 14.3 Å². The van der Waals surface area contributed by atoms with Crippen molar-refractivity contribution in [3.8, 4) is 0 Å². The van der Waals surface area contributed by atoms with Crippen LogP contribution in [0.2, 0.25) is 0 Å². The highest BCUT2D eigenvalue weighted by molar-refractivity contribution is 5.84. The van der Waals surface area contributed by atoms with Crippen LogP contribution in [0.25, 0.3) is 0 Å². The second-order valence-corrected chi connectivity index (χ2v) is 5.26. The van der Waals surface area contributed by atoms with E-state index in [1.807, 2.05) is 20.8 Å². The summed E-state index contributed by atoms with van der Waals surface area (Å²) in [5.74, 6) is -0.302. The molecule has 19 heavy (non-hydrogen) atoms. The van der Waals surface area contributed by atoms with E-state index >= 15 is 0 Å². The summed E-state index contributed by atoms with van der Waals surface area (Å²) < 4.78 is 10.8. The van der Waals surface area contributed by atoms with Gasteiger partial charge < -0.3 is 20.5 Å². The van der Waals surface area contributed by atoms with Crippen LogP contribution in [-0.4, -0.2) is 43.9 Å². The molecule has 0 aromatic carbocycles. The Kier molecular flexibility index (Phi) is 9.83. The number of ether oxygens (including phenoxy) is 2. The van der Waals surface area contributed by atoms with Crippen LogP contribution in [0.1, 0.15) is 47.0 Å². The average Bonchev–Trinajstić information content (AvgIpc) is 2.34. The molecule has 1 atom stereocenters. The Balaban J connectivity index is 3.73. The lowest BCUT2D eigenvalue weighted by molar-refractivity contribution is -0.124. The molecule has 5 nitrogen and oxygen atoms in total. The van der Waals surface area contributed by atoms with E-state index in [4.69, 9.17) is 15.2 Å². The lowest BCUT2D eigenvalue weighted by Crippen LogP contribution is -2.53. The van der Waals surface area contributed by atoms with Crippen molar-refractivity contribution in [2.75, 3.05) is 26.4 Å². The van der Waals surface area contributed by atoms with Gasteiger partial charge >= 0.3 is 0 Å². The van der Waals surface area contributed by atoms with E-state index in [2.05, 4.69) is 12.2 Å². The van der Waals surface area contributed by atoms with Gasteiger partial charge in [-0.15, -0.1) is 0 Å². The van der Waals surface area contributed by atoms with E-state index in [1.54, 1.807) is 0 Å². The standard InChI is InChI=1S/C14H30N2O3/c1-5-8-16-14(4,13(15)17)7-6-9-18-10-11-19-12(2)3/h12,16H,5-11H2,1-4H3,(H2,15,17). The summed E-state index contributed by atoms with van der Waals surface area (Å²) in [5.41, 5.74) is 4.81. The highest BCUT2D eigenvalue weighted by Gasteiger charge is 2.29. The summed E-state index contributed by atoms with van der Waals surface area (Å²) in [6.07, 6.45) is 2.71. The molecule has 0 aliphatic heterocycles. The van der Waals surface area contributed by atoms with Crippen molar-refractivity contribution >= 4 is 5.91 Å². The lowest BCUT2D eigenvalue weighted by Gasteiger charge is -2.27. The first-order valence-electron chi connectivity index (χ1n) is 7.16. The molecule has 5 heteroatoms. The number of carbonyl (C=O) groups is 1. The monoisotopic (exact) mass is 274 g/mol. The van der Waals surface area contributed by atoms with Crippen molar-refractivity contribution in [3.05, 3.63) is 0 Å². The van der Waals surface area contributed by atoms with E-state index < -0.39 is 5.54 Å². The van der Waals surface area contributed by atoms with Gasteiger partial charge in [-0.1, -0.05) is 6.92 Å². The van der Waals surface area contributed by atoms with E-state index in [1.165, 1.54) is 0 Å². The molecule has 0 spiro atoms. The normalized spacial score (nSPS) is 14.6. The SMILES string of the molecule is CCCNC(C)(CCCOCCOC(C)C)C(N)=O. The van der Waals surface area contributed by atoms with Gasteiger partial charge in [-0.3, -0.25) is 4.79 Å². The Labute approximate surface area is 117 Å². The van der Waals surface area contributed by atoms with Gasteiger partial charge in [0.15, 0.2) is 0 Å². The summed E-state index contributed by atoms with van der Waals surface area (Å²) in [7, 11) is 0. The molecule has 1 unspecified atom stereocenters. The molecule has 0 aromatic rings. The summed E-state index contributed by atoms with van der Waals surface area (Å²) in [4.78, 5) is 11.5. The molecule has 0 aliphatic carbocycles. The number of hydrogen-bond acceptors (Lipinski definition) is 4. The maximum absolute atomic E-state index is 11.5. The molecule has 1 amide bonds. The molecular formula is C14H30N2O3. The lowest BCUT2D eigenvalue weighted by atomic mass is 9.95. The first-order valence-corrected chi connectivity index (χ1v) is 7.16. The van der Waals surface area contributed by atoms with Crippen LogP contribution < -0.4 is 11.1 Å². The molecule has 0 saturated heterocycles. The summed E-state index contributed by atoms with van der Waals surface area (Å²) >= 11 is 0. The number of rotatable bonds is 12. The van der Waals surface area contributed by atoms with E-state index in [0.29, 0.717) is 26.2 Å². The molecular weight excluding hydrogens is 244 g/mol. The molecule has 0 aliphatic rings. The molecule has 114 valence electrons. The van der Waals surface area contributed by atoms with Crippen LogP contribution >= 0.6 is 0 Å². The molecule has 0 saturated carbocycles. The van der Waals surface area contributed by atoms with Crippen molar-refractivity contribution in [1.82, 2.24) is 5.32 Å².